The zero-order chi connectivity index (χ0) is 19.5. The number of carbonyl (C=O) groups excluding carboxylic acids is 1. The largest absolute Gasteiger partial charge is 0.496 e. The number of hydrogen-bond acceptors (Lipinski definition) is 5. The van der Waals surface area contributed by atoms with Gasteiger partial charge in [0.15, 0.2) is 0 Å². The lowest BCUT2D eigenvalue weighted by atomic mass is 10.0. The van der Waals surface area contributed by atoms with E-state index in [1.165, 1.54) is 0 Å². The van der Waals surface area contributed by atoms with Gasteiger partial charge in [-0.05, 0) is 24.3 Å². The van der Waals surface area contributed by atoms with Gasteiger partial charge in [0.2, 0.25) is 0 Å². The predicted octanol–water partition coefficient (Wildman–Crippen LogP) is 2.59. The van der Waals surface area contributed by atoms with E-state index in [0.717, 1.165) is 29.6 Å². The second-order valence-electron chi connectivity index (χ2n) is 6.69. The van der Waals surface area contributed by atoms with Crippen molar-refractivity contribution in [1.29, 1.82) is 0 Å². The zero-order valence-electron chi connectivity index (χ0n) is 15.8. The standard InChI is InChI=1S/C20H23N5O3/c1-27-15-4-3-5-16(28-2)18(15)14-11-22-19-13(14)6-7-17(24-19)25-20(26)23-10-12-8-21-9-12/h3-7,11-12,21H,8-10H2,1-2H3,(H3,22,23,24,25,26). The molecule has 0 aliphatic carbocycles. The predicted molar refractivity (Wildman–Crippen MR) is 108 cm³/mol. The Morgan fingerprint density at radius 1 is 1.18 bits per heavy atom. The van der Waals surface area contributed by atoms with Crippen LogP contribution in [0.5, 0.6) is 11.5 Å². The topological polar surface area (TPSA) is 100 Å². The van der Waals surface area contributed by atoms with Crippen LogP contribution in [0.4, 0.5) is 10.6 Å². The number of ether oxygens (including phenoxy) is 2. The number of pyridine rings is 1. The van der Waals surface area contributed by atoms with E-state index in [1.54, 1.807) is 20.3 Å². The molecule has 2 aromatic heterocycles. The summed E-state index contributed by atoms with van der Waals surface area (Å²) in [6.45, 7) is 2.55. The van der Waals surface area contributed by atoms with Crippen LogP contribution in [0.15, 0.2) is 36.5 Å². The second kappa shape index (κ2) is 7.77. The summed E-state index contributed by atoms with van der Waals surface area (Å²) in [6, 6.07) is 9.12. The summed E-state index contributed by atoms with van der Waals surface area (Å²) in [5.74, 6) is 2.42. The smallest absolute Gasteiger partial charge is 0.320 e. The fourth-order valence-electron chi connectivity index (χ4n) is 3.29. The molecule has 0 unspecified atom stereocenters. The lowest BCUT2D eigenvalue weighted by molar-refractivity contribution is 0.246. The molecule has 3 heterocycles. The van der Waals surface area contributed by atoms with E-state index in [9.17, 15) is 4.79 Å². The third kappa shape index (κ3) is 3.46. The number of urea groups is 1. The maximum Gasteiger partial charge on any atom is 0.320 e. The van der Waals surface area contributed by atoms with E-state index in [2.05, 4.69) is 25.9 Å². The van der Waals surface area contributed by atoms with Crippen LogP contribution in [0.1, 0.15) is 0 Å². The van der Waals surface area contributed by atoms with Crippen molar-refractivity contribution >= 4 is 22.9 Å². The van der Waals surface area contributed by atoms with Gasteiger partial charge in [0, 0.05) is 42.7 Å². The first-order valence-electron chi connectivity index (χ1n) is 9.14. The number of nitrogens with zero attached hydrogens (tertiary/aromatic N) is 1. The average molecular weight is 381 g/mol. The van der Waals surface area contributed by atoms with Gasteiger partial charge in [-0.1, -0.05) is 6.07 Å². The van der Waals surface area contributed by atoms with Gasteiger partial charge in [-0.25, -0.2) is 9.78 Å². The van der Waals surface area contributed by atoms with Crippen LogP contribution >= 0.6 is 0 Å². The molecule has 1 fully saturated rings. The molecule has 4 N–H and O–H groups in total. The fraction of sp³-hybridized carbons (Fsp3) is 0.300. The van der Waals surface area contributed by atoms with Crippen LogP contribution in [0.3, 0.4) is 0 Å². The Balaban J connectivity index is 1.58. The Kier molecular flexibility index (Phi) is 5.03. The summed E-state index contributed by atoms with van der Waals surface area (Å²) in [6.07, 6.45) is 1.87. The molecule has 8 heteroatoms. The van der Waals surface area contributed by atoms with Crippen molar-refractivity contribution in [3.63, 3.8) is 0 Å². The highest BCUT2D eigenvalue weighted by Gasteiger charge is 2.18. The Labute approximate surface area is 162 Å². The number of anilines is 1. The van der Waals surface area contributed by atoms with Crippen molar-refractivity contribution < 1.29 is 14.3 Å². The molecule has 1 aliphatic rings. The number of benzene rings is 1. The number of methoxy groups -OCH3 is 2. The average Bonchev–Trinajstić information content (AvgIpc) is 3.08. The van der Waals surface area contributed by atoms with E-state index in [4.69, 9.17) is 9.47 Å². The van der Waals surface area contributed by atoms with Crippen LogP contribution < -0.4 is 25.4 Å². The number of aromatic amines is 1. The second-order valence-corrected chi connectivity index (χ2v) is 6.69. The summed E-state index contributed by atoms with van der Waals surface area (Å²) in [5.41, 5.74) is 2.45. The molecule has 2 amide bonds. The van der Waals surface area contributed by atoms with Gasteiger partial charge in [0.1, 0.15) is 23.0 Å². The SMILES string of the molecule is COc1cccc(OC)c1-c1c[nH]c2nc(NC(=O)NCC3CNC3)ccc12. The minimum absolute atomic E-state index is 0.253. The molecule has 0 saturated carbocycles. The normalized spacial score (nSPS) is 13.8. The number of aromatic nitrogens is 2. The minimum Gasteiger partial charge on any atom is -0.496 e. The molecule has 0 bridgehead atoms. The third-order valence-electron chi connectivity index (χ3n) is 4.89. The van der Waals surface area contributed by atoms with E-state index < -0.39 is 0 Å². The molecule has 1 aliphatic heterocycles. The molecule has 0 atom stereocenters. The van der Waals surface area contributed by atoms with Crippen LogP contribution in [-0.4, -0.2) is 49.9 Å². The first kappa shape index (κ1) is 18.1. The number of rotatable bonds is 6. The van der Waals surface area contributed by atoms with Gasteiger partial charge in [0.05, 0.1) is 19.8 Å². The van der Waals surface area contributed by atoms with Crippen LogP contribution in [0.25, 0.3) is 22.2 Å². The summed E-state index contributed by atoms with van der Waals surface area (Å²) in [4.78, 5) is 19.7. The van der Waals surface area contributed by atoms with E-state index in [0.29, 0.717) is 35.4 Å². The molecule has 1 saturated heterocycles. The van der Waals surface area contributed by atoms with Gasteiger partial charge in [-0.3, -0.25) is 5.32 Å². The fourth-order valence-corrected chi connectivity index (χ4v) is 3.29. The summed E-state index contributed by atoms with van der Waals surface area (Å²) in [7, 11) is 3.26. The van der Waals surface area contributed by atoms with E-state index >= 15 is 0 Å². The Hall–Kier alpha value is -3.26. The van der Waals surface area contributed by atoms with Gasteiger partial charge >= 0.3 is 6.03 Å². The summed E-state index contributed by atoms with van der Waals surface area (Å²) < 4.78 is 11.0. The maximum atomic E-state index is 12.1. The molecule has 28 heavy (non-hydrogen) atoms. The first-order chi connectivity index (χ1) is 13.7. The number of H-pyrrole nitrogens is 1. The molecule has 146 valence electrons. The highest BCUT2D eigenvalue weighted by molar-refractivity contribution is 5.98. The van der Waals surface area contributed by atoms with Crippen LogP contribution in [0.2, 0.25) is 0 Å². The zero-order valence-corrected chi connectivity index (χ0v) is 15.8. The number of nitrogens with one attached hydrogen (secondary N) is 4. The number of hydrogen-bond donors (Lipinski definition) is 4. The van der Waals surface area contributed by atoms with Crippen molar-refractivity contribution in [1.82, 2.24) is 20.6 Å². The number of fused-ring (bicyclic) bond motifs is 1. The van der Waals surface area contributed by atoms with Crippen molar-refractivity contribution in [3.8, 4) is 22.6 Å². The Morgan fingerprint density at radius 2 is 1.93 bits per heavy atom. The van der Waals surface area contributed by atoms with Gasteiger partial charge in [-0.15, -0.1) is 0 Å². The van der Waals surface area contributed by atoms with Crippen LogP contribution in [-0.2, 0) is 0 Å². The highest BCUT2D eigenvalue weighted by atomic mass is 16.5. The monoisotopic (exact) mass is 381 g/mol. The molecular formula is C20H23N5O3. The maximum absolute atomic E-state index is 12.1. The van der Waals surface area contributed by atoms with Crippen LogP contribution in [0, 0.1) is 5.92 Å². The summed E-state index contributed by atoms with van der Waals surface area (Å²) >= 11 is 0. The molecule has 4 rings (SSSR count). The highest BCUT2D eigenvalue weighted by Crippen LogP contribution is 2.41. The molecule has 8 nitrogen and oxygen atoms in total. The molecule has 0 spiro atoms. The third-order valence-corrected chi connectivity index (χ3v) is 4.89. The molecule has 3 aromatic rings. The lowest BCUT2D eigenvalue weighted by Crippen LogP contribution is -2.48. The van der Waals surface area contributed by atoms with Gasteiger partial charge in [0.25, 0.3) is 0 Å². The Bertz CT molecular complexity index is 974. The first-order valence-corrected chi connectivity index (χ1v) is 9.14. The minimum atomic E-state index is -0.253. The molecule has 0 radical (unpaired) electrons. The van der Waals surface area contributed by atoms with E-state index in [-0.39, 0.29) is 6.03 Å². The lowest BCUT2D eigenvalue weighted by Gasteiger charge is -2.26. The Morgan fingerprint density at radius 3 is 2.57 bits per heavy atom. The van der Waals surface area contributed by atoms with Crippen molar-refractivity contribution in [2.45, 2.75) is 0 Å². The van der Waals surface area contributed by atoms with E-state index in [1.807, 2.05) is 30.5 Å². The van der Waals surface area contributed by atoms with Gasteiger partial charge in [-0.2, -0.15) is 0 Å². The van der Waals surface area contributed by atoms with Crippen molar-refractivity contribution in [3.05, 3.63) is 36.5 Å². The molecular weight excluding hydrogens is 358 g/mol. The van der Waals surface area contributed by atoms with Crippen molar-refractivity contribution in [2.75, 3.05) is 39.2 Å². The van der Waals surface area contributed by atoms with Crippen molar-refractivity contribution in [2.24, 2.45) is 5.92 Å². The number of amides is 2. The quantitative estimate of drug-likeness (QED) is 0.526. The molecule has 1 aromatic carbocycles. The summed E-state index contributed by atoms with van der Waals surface area (Å²) in [5, 5.41) is 9.74. The van der Waals surface area contributed by atoms with Gasteiger partial charge < -0.3 is 25.1 Å². The number of carbonyl (C=O) groups is 1.